The summed E-state index contributed by atoms with van der Waals surface area (Å²) in [7, 11) is 1.80. The number of anilines is 1. The van der Waals surface area contributed by atoms with Gasteiger partial charge in [-0.05, 0) is 48.7 Å². The van der Waals surface area contributed by atoms with E-state index in [0.29, 0.717) is 29.3 Å². The third-order valence-corrected chi connectivity index (χ3v) is 6.35. The Hall–Kier alpha value is -4.24. The second-order valence-corrected chi connectivity index (χ2v) is 9.31. The summed E-state index contributed by atoms with van der Waals surface area (Å²) in [6.45, 7) is 0.257. The molecule has 2 N–H and O–H groups in total. The van der Waals surface area contributed by atoms with Gasteiger partial charge in [-0.25, -0.2) is 4.39 Å². The Morgan fingerprint density at radius 2 is 1.97 bits per heavy atom. The average molecular weight is 520 g/mol. The third-order valence-electron chi connectivity index (χ3n) is 6.11. The maximum absolute atomic E-state index is 14.8. The highest BCUT2D eigenvalue weighted by molar-refractivity contribution is 6.30. The quantitative estimate of drug-likeness (QED) is 0.315. The van der Waals surface area contributed by atoms with Crippen LogP contribution in [-0.2, 0) is 23.2 Å². The lowest BCUT2D eigenvalue weighted by molar-refractivity contribution is -0.134. The van der Waals surface area contributed by atoms with E-state index < -0.39 is 17.1 Å². The lowest BCUT2D eigenvalue weighted by Gasteiger charge is -2.16. The zero-order chi connectivity index (χ0) is 26.0. The summed E-state index contributed by atoms with van der Waals surface area (Å²) in [5.74, 6) is -1.11. The maximum Gasteiger partial charge on any atom is 0.240 e. The molecule has 0 unspecified atom stereocenters. The minimum Gasteiger partial charge on any atom is -0.454 e. The molecule has 0 aliphatic heterocycles. The van der Waals surface area contributed by atoms with E-state index in [1.54, 1.807) is 54.5 Å². The summed E-state index contributed by atoms with van der Waals surface area (Å²) in [6, 6.07) is 14.5. The highest BCUT2D eigenvalue weighted by Crippen LogP contribution is 2.47. The summed E-state index contributed by atoms with van der Waals surface area (Å²) >= 11 is 5.98. The minimum absolute atomic E-state index is 0.0123. The molecule has 4 aromatic rings. The first kappa shape index (κ1) is 24.5. The van der Waals surface area contributed by atoms with Crippen LogP contribution in [-0.4, -0.2) is 26.6 Å². The Balaban J connectivity index is 1.22. The van der Waals surface area contributed by atoms with Crippen molar-refractivity contribution in [1.29, 1.82) is 0 Å². The van der Waals surface area contributed by atoms with E-state index in [0.717, 1.165) is 17.2 Å². The highest BCUT2D eigenvalue weighted by Gasteiger charge is 2.56. The van der Waals surface area contributed by atoms with Crippen LogP contribution in [0.25, 0.3) is 11.3 Å². The molecule has 8 nitrogen and oxygen atoms in total. The molecule has 0 atom stereocenters. The molecule has 2 aromatic carbocycles. The average Bonchev–Trinajstić information content (AvgIpc) is 3.59. The molecule has 37 heavy (non-hydrogen) atoms. The van der Waals surface area contributed by atoms with Crippen LogP contribution >= 0.6 is 11.6 Å². The van der Waals surface area contributed by atoms with Crippen LogP contribution in [0.1, 0.15) is 18.4 Å². The molecule has 1 aliphatic carbocycles. The van der Waals surface area contributed by atoms with E-state index in [4.69, 9.17) is 16.3 Å². The molecule has 1 saturated carbocycles. The van der Waals surface area contributed by atoms with Crippen molar-refractivity contribution in [2.24, 2.45) is 12.5 Å². The van der Waals surface area contributed by atoms with Gasteiger partial charge in [-0.2, -0.15) is 5.10 Å². The zero-order valence-electron chi connectivity index (χ0n) is 19.9. The van der Waals surface area contributed by atoms with Gasteiger partial charge in [0, 0.05) is 54.4 Å². The smallest absolute Gasteiger partial charge is 0.240 e. The topological polar surface area (TPSA) is 98.1 Å². The summed E-state index contributed by atoms with van der Waals surface area (Å²) in [5.41, 5.74) is 1.34. The fourth-order valence-electron chi connectivity index (χ4n) is 3.91. The monoisotopic (exact) mass is 519 g/mol. The van der Waals surface area contributed by atoms with Crippen molar-refractivity contribution in [2.75, 3.05) is 5.32 Å². The minimum atomic E-state index is -1.16. The van der Waals surface area contributed by atoms with E-state index in [1.807, 2.05) is 12.3 Å². The predicted octanol–water partition coefficient (Wildman–Crippen LogP) is 5.10. The van der Waals surface area contributed by atoms with Crippen LogP contribution in [0.3, 0.4) is 0 Å². The number of nitrogens with zero attached hydrogens (tertiary/aromatic N) is 3. The molecular formula is C27H23ClFN5O3. The molecular weight excluding hydrogens is 497 g/mol. The van der Waals surface area contributed by atoms with Gasteiger partial charge in [0.1, 0.15) is 11.2 Å². The van der Waals surface area contributed by atoms with Gasteiger partial charge in [-0.15, -0.1) is 0 Å². The van der Waals surface area contributed by atoms with Crippen molar-refractivity contribution in [1.82, 2.24) is 20.1 Å². The number of halogens is 2. The van der Waals surface area contributed by atoms with E-state index in [-0.39, 0.29) is 23.9 Å². The summed E-state index contributed by atoms with van der Waals surface area (Å²) in [5, 5.41) is 10.2. The van der Waals surface area contributed by atoms with Crippen LogP contribution in [0.15, 0.2) is 73.2 Å². The van der Waals surface area contributed by atoms with Gasteiger partial charge < -0.3 is 15.4 Å². The van der Waals surface area contributed by atoms with Gasteiger partial charge in [-0.1, -0.05) is 23.7 Å². The molecule has 0 radical (unpaired) electrons. The van der Waals surface area contributed by atoms with Gasteiger partial charge >= 0.3 is 0 Å². The predicted molar refractivity (Wildman–Crippen MR) is 137 cm³/mol. The number of amides is 2. The van der Waals surface area contributed by atoms with Crippen molar-refractivity contribution in [3.05, 3.63) is 89.6 Å². The number of nitrogens with one attached hydrogen (secondary N) is 2. The molecule has 10 heteroatoms. The van der Waals surface area contributed by atoms with Gasteiger partial charge in [0.05, 0.1) is 11.9 Å². The molecule has 1 fully saturated rings. The fraction of sp³-hybridized carbons (Fsp3) is 0.185. The highest BCUT2D eigenvalue weighted by atomic mass is 35.5. The molecule has 0 spiro atoms. The summed E-state index contributed by atoms with van der Waals surface area (Å²) in [4.78, 5) is 30.0. The lowest BCUT2D eigenvalue weighted by Crippen LogP contribution is -2.39. The van der Waals surface area contributed by atoms with Gasteiger partial charge in [0.25, 0.3) is 0 Å². The van der Waals surface area contributed by atoms with Gasteiger partial charge in [0.15, 0.2) is 11.6 Å². The van der Waals surface area contributed by atoms with E-state index in [1.165, 1.54) is 12.1 Å². The number of carbonyl (C=O) groups excluding carboxylic acids is 2. The number of rotatable bonds is 8. The first-order chi connectivity index (χ1) is 17.8. The van der Waals surface area contributed by atoms with Crippen LogP contribution < -0.4 is 15.4 Å². The van der Waals surface area contributed by atoms with Crippen LogP contribution in [0, 0.1) is 11.2 Å². The number of carbonyl (C=O) groups is 2. The Kier molecular flexibility index (Phi) is 6.62. The van der Waals surface area contributed by atoms with Crippen LogP contribution in [0.4, 0.5) is 10.1 Å². The van der Waals surface area contributed by atoms with E-state index in [2.05, 4.69) is 20.7 Å². The number of aryl methyl sites for hydroxylation is 1. The number of hydrogen-bond donors (Lipinski definition) is 2. The molecule has 0 saturated heterocycles. The van der Waals surface area contributed by atoms with Crippen molar-refractivity contribution in [3.8, 4) is 22.8 Å². The van der Waals surface area contributed by atoms with Gasteiger partial charge in [-0.3, -0.25) is 19.3 Å². The van der Waals surface area contributed by atoms with Crippen molar-refractivity contribution >= 4 is 29.1 Å². The Morgan fingerprint density at radius 1 is 1.14 bits per heavy atom. The van der Waals surface area contributed by atoms with E-state index >= 15 is 0 Å². The molecule has 2 heterocycles. The SMILES string of the molecule is Cn1cc(-c2cc(Oc3ccc(NC(=O)C4(C(=O)NCc5cccc(Cl)c5)CC4)cc3F)ccn2)cn1. The van der Waals surface area contributed by atoms with Crippen LogP contribution in [0.5, 0.6) is 11.5 Å². The Bertz CT molecular complexity index is 1480. The number of pyridine rings is 1. The molecule has 2 aromatic heterocycles. The Morgan fingerprint density at radius 3 is 2.68 bits per heavy atom. The van der Waals surface area contributed by atoms with Crippen molar-refractivity contribution in [2.45, 2.75) is 19.4 Å². The largest absolute Gasteiger partial charge is 0.454 e. The normalized spacial score (nSPS) is 13.6. The second-order valence-electron chi connectivity index (χ2n) is 8.88. The molecule has 1 aliphatic rings. The van der Waals surface area contributed by atoms with Crippen LogP contribution in [0.2, 0.25) is 5.02 Å². The zero-order valence-corrected chi connectivity index (χ0v) is 20.6. The number of hydrogen-bond acceptors (Lipinski definition) is 5. The Labute approximate surface area is 217 Å². The standard InChI is InChI=1S/C27H23ClFN5O3/c1-34-16-18(15-32-34)23-13-21(7-10-30-23)37-24-6-5-20(12-22(24)29)33-26(36)27(8-9-27)25(35)31-14-17-3-2-4-19(28)11-17/h2-7,10-13,15-16H,8-9,14H2,1H3,(H,31,35)(H,33,36). The number of aromatic nitrogens is 3. The second kappa shape index (κ2) is 10.0. The fourth-order valence-corrected chi connectivity index (χ4v) is 4.12. The van der Waals surface area contributed by atoms with Crippen molar-refractivity contribution in [3.63, 3.8) is 0 Å². The first-order valence-corrected chi connectivity index (χ1v) is 12.0. The summed E-state index contributed by atoms with van der Waals surface area (Å²) < 4.78 is 22.2. The molecule has 2 amide bonds. The molecule has 5 rings (SSSR count). The number of ether oxygens (including phenoxy) is 1. The van der Waals surface area contributed by atoms with Gasteiger partial charge in [0.2, 0.25) is 11.8 Å². The lowest BCUT2D eigenvalue weighted by atomic mass is 10.0. The van der Waals surface area contributed by atoms with E-state index in [9.17, 15) is 14.0 Å². The summed E-state index contributed by atoms with van der Waals surface area (Å²) in [6.07, 6.45) is 5.90. The third kappa shape index (κ3) is 5.46. The van der Waals surface area contributed by atoms with Crippen molar-refractivity contribution < 1.29 is 18.7 Å². The molecule has 0 bridgehead atoms. The maximum atomic E-state index is 14.8. The molecule has 188 valence electrons. The number of benzene rings is 2. The first-order valence-electron chi connectivity index (χ1n) is 11.6.